The van der Waals surface area contributed by atoms with Crippen molar-refractivity contribution in [2.45, 2.75) is 53.5 Å². The monoisotopic (exact) mass is 324 g/mol. The van der Waals surface area contributed by atoms with Crippen LogP contribution < -0.4 is 10.6 Å². The van der Waals surface area contributed by atoms with E-state index in [1.54, 1.807) is 25.1 Å². The molecule has 0 unspecified atom stereocenters. The molecular weight excluding hydrogens is 300 g/mol. The van der Waals surface area contributed by atoms with Gasteiger partial charge < -0.3 is 10.6 Å². The summed E-state index contributed by atoms with van der Waals surface area (Å²) in [5.74, 6) is -1.33. The third-order valence-electron chi connectivity index (χ3n) is 3.15. The number of anilines is 1. The molecule has 1 aromatic carbocycles. The molecule has 122 valence electrons. The second-order valence-electron chi connectivity index (χ2n) is 7.44. The Balaban J connectivity index is 2.74. The maximum atomic E-state index is 12.1. The number of rotatable bonds is 3. The zero-order valence-corrected chi connectivity index (χ0v) is 14.9. The predicted molar refractivity (Wildman–Crippen MR) is 91.1 cm³/mol. The van der Waals surface area contributed by atoms with Gasteiger partial charge in [-0.3, -0.25) is 9.59 Å². The van der Waals surface area contributed by atoms with Gasteiger partial charge in [-0.2, -0.15) is 0 Å². The molecule has 0 bridgehead atoms. The van der Waals surface area contributed by atoms with Crippen LogP contribution in [0.2, 0.25) is 5.02 Å². The van der Waals surface area contributed by atoms with Crippen molar-refractivity contribution in [2.75, 3.05) is 5.32 Å². The molecule has 0 aliphatic rings. The van der Waals surface area contributed by atoms with Crippen LogP contribution in [0.3, 0.4) is 0 Å². The average molecular weight is 325 g/mol. The Morgan fingerprint density at radius 3 is 2.23 bits per heavy atom. The topological polar surface area (TPSA) is 58.2 Å². The van der Waals surface area contributed by atoms with Gasteiger partial charge in [-0.15, -0.1) is 0 Å². The van der Waals surface area contributed by atoms with E-state index in [4.69, 9.17) is 11.6 Å². The number of benzene rings is 1. The third kappa shape index (κ3) is 5.68. The first-order chi connectivity index (χ1) is 9.91. The van der Waals surface area contributed by atoms with Crippen LogP contribution in [0.4, 0.5) is 5.69 Å². The average Bonchev–Trinajstić information content (AvgIpc) is 2.31. The Bertz CT molecular complexity index is 575. The highest BCUT2D eigenvalue weighted by atomic mass is 35.5. The molecule has 4 nitrogen and oxygen atoms in total. The van der Waals surface area contributed by atoms with Gasteiger partial charge in [0, 0.05) is 16.2 Å². The Kier molecular flexibility index (Phi) is 5.63. The van der Waals surface area contributed by atoms with E-state index in [1.807, 2.05) is 13.8 Å². The fourth-order valence-corrected chi connectivity index (χ4v) is 2.83. The molecule has 0 atom stereocenters. The molecule has 1 rings (SSSR count). The summed E-state index contributed by atoms with van der Waals surface area (Å²) >= 11 is 6.00. The summed E-state index contributed by atoms with van der Waals surface area (Å²) in [5, 5.41) is 5.93. The number of carbonyl (C=O) groups excluding carboxylic acids is 2. The first kappa shape index (κ1) is 18.5. The fourth-order valence-electron chi connectivity index (χ4n) is 2.66. The summed E-state index contributed by atoms with van der Waals surface area (Å²) in [6.45, 7) is 11.9. The van der Waals surface area contributed by atoms with Crippen molar-refractivity contribution >= 4 is 29.1 Å². The molecule has 22 heavy (non-hydrogen) atoms. The summed E-state index contributed by atoms with van der Waals surface area (Å²) in [6.07, 6.45) is 0.759. The van der Waals surface area contributed by atoms with E-state index >= 15 is 0 Å². The van der Waals surface area contributed by atoms with Crippen LogP contribution in [0.25, 0.3) is 0 Å². The Morgan fingerprint density at radius 2 is 1.68 bits per heavy atom. The fraction of sp³-hybridized carbons (Fsp3) is 0.529. The van der Waals surface area contributed by atoms with E-state index in [-0.39, 0.29) is 5.41 Å². The van der Waals surface area contributed by atoms with E-state index in [0.717, 1.165) is 12.0 Å². The van der Waals surface area contributed by atoms with Crippen molar-refractivity contribution in [3.63, 3.8) is 0 Å². The standard InChI is InChI=1S/C17H25ClN2O2/c1-11-12(18)8-7-9-13(11)19-14(21)15(22)20-17(5,6)10-16(2,3)4/h7-9H,10H2,1-6H3,(H,19,21)(H,20,22). The van der Waals surface area contributed by atoms with Gasteiger partial charge in [0.25, 0.3) is 0 Å². The molecule has 0 spiro atoms. The molecule has 0 aliphatic heterocycles. The van der Waals surface area contributed by atoms with Crippen LogP contribution in [0.1, 0.15) is 46.6 Å². The van der Waals surface area contributed by atoms with Crippen molar-refractivity contribution < 1.29 is 9.59 Å². The van der Waals surface area contributed by atoms with Gasteiger partial charge in [-0.05, 0) is 50.3 Å². The van der Waals surface area contributed by atoms with E-state index in [0.29, 0.717) is 10.7 Å². The van der Waals surface area contributed by atoms with Crippen LogP contribution in [-0.4, -0.2) is 17.4 Å². The second-order valence-corrected chi connectivity index (χ2v) is 7.85. The smallest absolute Gasteiger partial charge is 0.313 e. The molecule has 0 radical (unpaired) electrons. The minimum Gasteiger partial charge on any atom is -0.343 e. The van der Waals surface area contributed by atoms with Crippen molar-refractivity contribution in [3.05, 3.63) is 28.8 Å². The molecule has 0 fully saturated rings. The van der Waals surface area contributed by atoms with Gasteiger partial charge in [0.15, 0.2) is 0 Å². The zero-order chi connectivity index (χ0) is 17.1. The Labute approximate surface area is 137 Å². The summed E-state index contributed by atoms with van der Waals surface area (Å²) in [7, 11) is 0. The first-order valence-corrected chi connectivity index (χ1v) is 7.68. The summed E-state index contributed by atoms with van der Waals surface area (Å²) in [5.41, 5.74) is 0.868. The van der Waals surface area contributed by atoms with E-state index in [2.05, 4.69) is 31.4 Å². The molecule has 0 saturated heterocycles. The minimum atomic E-state index is -0.688. The van der Waals surface area contributed by atoms with Crippen LogP contribution in [0.5, 0.6) is 0 Å². The SMILES string of the molecule is Cc1c(Cl)cccc1NC(=O)C(=O)NC(C)(C)CC(C)(C)C. The van der Waals surface area contributed by atoms with Crippen molar-refractivity contribution in [3.8, 4) is 0 Å². The van der Waals surface area contributed by atoms with Crippen molar-refractivity contribution in [1.82, 2.24) is 5.32 Å². The number of halogens is 1. The van der Waals surface area contributed by atoms with Gasteiger partial charge in [-0.1, -0.05) is 38.4 Å². The molecule has 0 aliphatic carbocycles. The normalized spacial score (nSPS) is 12.0. The molecule has 5 heteroatoms. The van der Waals surface area contributed by atoms with Crippen molar-refractivity contribution in [2.24, 2.45) is 5.41 Å². The quantitative estimate of drug-likeness (QED) is 0.828. The number of hydrogen-bond acceptors (Lipinski definition) is 2. The molecule has 2 amide bonds. The highest BCUT2D eigenvalue weighted by Gasteiger charge is 2.29. The van der Waals surface area contributed by atoms with Gasteiger partial charge in [0.05, 0.1) is 0 Å². The lowest BCUT2D eigenvalue weighted by Gasteiger charge is -2.33. The number of hydrogen-bond donors (Lipinski definition) is 2. The number of amides is 2. The molecule has 0 saturated carbocycles. The van der Waals surface area contributed by atoms with Gasteiger partial charge in [0.2, 0.25) is 0 Å². The molecule has 2 N–H and O–H groups in total. The lowest BCUT2D eigenvalue weighted by molar-refractivity contribution is -0.137. The van der Waals surface area contributed by atoms with E-state index < -0.39 is 17.4 Å². The first-order valence-electron chi connectivity index (χ1n) is 7.30. The second kappa shape index (κ2) is 6.69. The maximum absolute atomic E-state index is 12.1. The minimum absolute atomic E-state index is 0.0524. The Hall–Kier alpha value is -1.55. The van der Waals surface area contributed by atoms with Gasteiger partial charge >= 0.3 is 11.8 Å². The van der Waals surface area contributed by atoms with Crippen LogP contribution in [0, 0.1) is 12.3 Å². The lowest BCUT2D eigenvalue weighted by Crippen LogP contribution is -2.49. The summed E-state index contributed by atoms with van der Waals surface area (Å²) in [6, 6.07) is 5.18. The van der Waals surface area contributed by atoms with E-state index in [9.17, 15) is 9.59 Å². The largest absolute Gasteiger partial charge is 0.343 e. The molecule has 1 aromatic rings. The van der Waals surface area contributed by atoms with Crippen molar-refractivity contribution in [1.29, 1.82) is 0 Å². The lowest BCUT2D eigenvalue weighted by atomic mass is 9.82. The van der Waals surface area contributed by atoms with Gasteiger partial charge in [-0.25, -0.2) is 0 Å². The molecule has 0 aromatic heterocycles. The molecular formula is C17H25ClN2O2. The highest BCUT2D eigenvalue weighted by Crippen LogP contribution is 2.27. The van der Waals surface area contributed by atoms with E-state index in [1.165, 1.54) is 0 Å². The van der Waals surface area contributed by atoms with Crippen LogP contribution >= 0.6 is 11.6 Å². The number of carbonyl (C=O) groups is 2. The third-order valence-corrected chi connectivity index (χ3v) is 3.56. The Morgan fingerprint density at radius 1 is 1.09 bits per heavy atom. The highest BCUT2D eigenvalue weighted by molar-refractivity contribution is 6.40. The summed E-state index contributed by atoms with van der Waals surface area (Å²) < 4.78 is 0. The van der Waals surface area contributed by atoms with Crippen LogP contribution in [-0.2, 0) is 9.59 Å². The molecule has 0 heterocycles. The number of nitrogens with one attached hydrogen (secondary N) is 2. The zero-order valence-electron chi connectivity index (χ0n) is 14.1. The maximum Gasteiger partial charge on any atom is 0.313 e. The predicted octanol–water partition coefficient (Wildman–Crippen LogP) is 3.92. The summed E-state index contributed by atoms with van der Waals surface area (Å²) in [4.78, 5) is 24.1. The van der Waals surface area contributed by atoms with Crippen LogP contribution in [0.15, 0.2) is 18.2 Å². The van der Waals surface area contributed by atoms with Gasteiger partial charge in [0.1, 0.15) is 0 Å².